The van der Waals surface area contributed by atoms with Crippen LogP contribution >= 0.6 is 0 Å². The molecule has 0 radical (unpaired) electrons. The Morgan fingerprint density at radius 2 is 1.95 bits per heavy atom. The van der Waals surface area contributed by atoms with Crippen LogP contribution in [0.5, 0.6) is 0 Å². The zero-order valence-electron chi connectivity index (χ0n) is 11.2. The monoisotopic (exact) mass is 262 g/mol. The maximum atomic E-state index is 11.4. The highest BCUT2D eigenvalue weighted by Gasteiger charge is 2.14. The van der Waals surface area contributed by atoms with Crippen LogP contribution < -0.4 is 11.1 Å². The summed E-state index contributed by atoms with van der Waals surface area (Å²) >= 11 is 0. The molecule has 4 nitrogen and oxygen atoms in total. The van der Waals surface area contributed by atoms with Gasteiger partial charge in [-0.2, -0.15) is 0 Å². The molecular weight excluding hydrogens is 240 g/mol. The molecular formula is C15H22N2O2. The molecule has 0 aromatic heterocycles. The average Bonchev–Trinajstić information content (AvgIpc) is 2.91. The Morgan fingerprint density at radius 1 is 1.26 bits per heavy atom. The minimum atomic E-state index is -0.0440. The SMILES string of the molecule is NCCC(=O)Nc1ccc(COC2CCCC2)cc1. The summed E-state index contributed by atoms with van der Waals surface area (Å²) in [4.78, 5) is 11.4. The number of ether oxygens (including phenoxy) is 1. The second-order valence-corrected chi connectivity index (χ2v) is 5.00. The molecule has 1 fully saturated rings. The first kappa shape index (κ1) is 14.0. The van der Waals surface area contributed by atoms with Crippen LogP contribution in [0.2, 0.25) is 0 Å². The highest BCUT2D eigenvalue weighted by atomic mass is 16.5. The first-order valence-electron chi connectivity index (χ1n) is 6.98. The Kier molecular flexibility index (Phi) is 5.36. The number of anilines is 1. The summed E-state index contributed by atoms with van der Waals surface area (Å²) in [5.74, 6) is -0.0440. The Labute approximate surface area is 114 Å². The van der Waals surface area contributed by atoms with Crippen LogP contribution in [-0.2, 0) is 16.1 Å². The maximum absolute atomic E-state index is 11.4. The number of amides is 1. The molecule has 104 valence electrons. The van der Waals surface area contributed by atoms with Gasteiger partial charge in [-0.3, -0.25) is 4.79 Å². The predicted molar refractivity (Wildman–Crippen MR) is 75.8 cm³/mol. The molecule has 0 saturated heterocycles. The Balaban J connectivity index is 1.78. The van der Waals surface area contributed by atoms with Crippen molar-refractivity contribution >= 4 is 11.6 Å². The fourth-order valence-electron chi connectivity index (χ4n) is 2.31. The number of benzene rings is 1. The normalized spacial score (nSPS) is 15.6. The van der Waals surface area contributed by atoms with Gasteiger partial charge in [0.15, 0.2) is 0 Å². The lowest BCUT2D eigenvalue weighted by atomic mass is 10.2. The standard InChI is InChI=1S/C15H22N2O2/c16-10-9-15(18)17-13-7-5-12(6-8-13)11-19-14-3-1-2-4-14/h5-8,14H,1-4,9-11,16H2,(H,17,18). The van der Waals surface area contributed by atoms with Crippen LogP contribution in [0.1, 0.15) is 37.7 Å². The third-order valence-electron chi connectivity index (χ3n) is 3.40. The van der Waals surface area contributed by atoms with Gasteiger partial charge in [0.25, 0.3) is 0 Å². The van der Waals surface area contributed by atoms with Crippen molar-refractivity contribution < 1.29 is 9.53 Å². The minimum absolute atomic E-state index is 0.0440. The summed E-state index contributed by atoms with van der Waals surface area (Å²) in [6.07, 6.45) is 5.74. The second-order valence-electron chi connectivity index (χ2n) is 5.00. The largest absolute Gasteiger partial charge is 0.374 e. The predicted octanol–water partition coefficient (Wildman–Crippen LogP) is 2.43. The van der Waals surface area contributed by atoms with Crippen LogP contribution in [0.3, 0.4) is 0 Å². The van der Waals surface area contributed by atoms with E-state index < -0.39 is 0 Å². The molecule has 3 N–H and O–H groups in total. The zero-order valence-corrected chi connectivity index (χ0v) is 11.2. The van der Waals surface area contributed by atoms with Gasteiger partial charge in [0.05, 0.1) is 12.7 Å². The van der Waals surface area contributed by atoms with E-state index in [4.69, 9.17) is 10.5 Å². The fraction of sp³-hybridized carbons (Fsp3) is 0.533. The Bertz CT molecular complexity index is 397. The number of carbonyl (C=O) groups excluding carboxylic acids is 1. The van der Waals surface area contributed by atoms with Crippen molar-refractivity contribution in [2.45, 2.75) is 44.8 Å². The third-order valence-corrected chi connectivity index (χ3v) is 3.40. The van der Waals surface area contributed by atoms with Gasteiger partial charge in [-0.05, 0) is 30.5 Å². The van der Waals surface area contributed by atoms with Gasteiger partial charge in [-0.1, -0.05) is 25.0 Å². The molecule has 0 spiro atoms. The zero-order chi connectivity index (χ0) is 13.5. The van der Waals surface area contributed by atoms with E-state index >= 15 is 0 Å². The molecule has 0 heterocycles. The quantitative estimate of drug-likeness (QED) is 0.827. The minimum Gasteiger partial charge on any atom is -0.374 e. The van der Waals surface area contributed by atoms with Gasteiger partial charge >= 0.3 is 0 Å². The van der Waals surface area contributed by atoms with E-state index in [1.165, 1.54) is 25.7 Å². The van der Waals surface area contributed by atoms with Crippen LogP contribution in [0.25, 0.3) is 0 Å². The molecule has 0 bridgehead atoms. The Hall–Kier alpha value is -1.39. The van der Waals surface area contributed by atoms with Crippen LogP contribution in [0.4, 0.5) is 5.69 Å². The molecule has 1 aromatic carbocycles. The maximum Gasteiger partial charge on any atom is 0.225 e. The highest BCUT2D eigenvalue weighted by Crippen LogP contribution is 2.22. The number of nitrogens with one attached hydrogen (secondary N) is 1. The summed E-state index contributed by atoms with van der Waals surface area (Å²) in [6.45, 7) is 1.03. The van der Waals surface area contributed by atoms with Crippen LogP contribution in [-0.4, -0.2) is 18.6 Å². The third kappa shape index (κ3) is 4.65. The lowest BCUT2D eigenvalue weighted by Crippen LogP contribution is -2.16. The number of carbonyl (C=O) groups is 1. The molecule has 2 rings (SSSR count). The Morgan fingerprint density at radius 3 is 2.58 bits per heavy atom. The number of hydrogen-bond acceptors (Lipinski definition) is 3. The molecule has 1 aliphatic rings. The van der Waals surface area contributed by atoms with Crippen molar-refractivity contribution in [1.82, 2.24) is 0 Å². The van der Waals surface area contributed by atoms with Crippen LogP contribution in [0, 0.1) is 0 Å². The summed E-state index contributed by atoms with van der Waals surface area (Å²) in [5.41, 5.74) is 7.28. The van der Waals surface area contributed by atoms with Gasteiger partial charge in [0.2, 0.25) is 5.91 Å². The fourth-order valence-corrected chi connectivity index (χ4v) is 2.31. The molecule has 19 heavy (non-hydrogen) atoms. The van der Waals surface area contributed by atoms with Crippen molar-refractivity contribution in [3.8, 4) is 0 Å². The summed E-state index contributed by atoms with van der Waals surface area (Å²) in [6, 6.07) is 7.80. The van der Waals surface area contributed by atoms with Crippen molar-refractivity contribution in [3.63, 3.8) is 0 Å². The van der Waals surface area contributed by atoms with E-state index in [9.17, 15) is 4.79 Å². The molecule has 0 unspecified atom stereocenters. The molecule has 1 aromatic rings. The molecule has 1 aliphatic carbocycles. The van der Waals surface area contributed by atoms with Crippen molar-refractivity contribution in [2.24, 2.45) is 5.73 Å². The van der Waals surface area contributed by atoms with Gasteiger partial charge in [0.1, 0.15) is 0 Å². The van der Waals surface area contributed by atoms with E-state index in [0.29, 0.717) is 25.7 Å². The van der Waals surface area contributed by atoms with Crippen molar-refractivity contribution in [1.29, 1.82) is 0 Å². The molecule has 0 aliphatic heterocycles. The van der Waals surface area contributed by atoms with E-state index in [2.05, 4.69) is 5.32 Å². The topological polar surface area (TPSA) is 64.4 Å². The average molecular weight is 262 g/mol. The lowest BCUT2D eigenvalue weighted by Gasteiger charge is -2.11. The summed E-state index contributed by atoms with van der Waals surface area (Å²) in [5, 5.41) is 2.81. The summed E-state index contributed by atoms with van der Waals surface area (Å²) < 4.78 is 5.84. The number of hydrogen-bond donors (Lipinski definition) is 2. The van der Waals surface area contributed by atoms with Crippen molar-refractivity contribution in [3.05, 3.63) is 29.8 Å². The highest BCUT2D eigenvalue weighted by molar-refractivity contribution is 5.90. The molecule has 0 atom stereocenters. The smallest absolute Gasteiger partial charge is 0.225 e. The molecule has 1 amide bonds. The van der Waals surface area contributed by atoms with Gasteiger partial charge in [-0.25, -0.2) is 0 Å². The second kappa shape index (κ2) is 7.26. The molecule has 4 heteroatoms. The van der Waals surface area contributed by atoms with E-state index in [1.807, 2.05) is 24.3 Å². The van der Waals surface area contributed by atoms with Gasteiger partial charge in [0, 0.05) is 18.7 Å². The number of nitrogens with two attached hydrogens (primary N) is 1. The van der Waals surface area contributed by atoms with Crippen molar-refractivity contribution in [2.75, 3.05) is 11.9 Å². The first-order chi connectivity index (χ1) is 9.28. The lowest BCUT2D eigenvalue weighted by molar-refractivity contribution is -0.116. The first-order valence-corrected chi connectivity index (χ1v) is 6.98. The van der Waals surface area contributed by atoms with Gasteiger partial charge in [-0.15, -0.1) is 0 Å². The van der Waals surface area contributed by atoms with Crippen LogP contribution in [0.15, 0.2) is 24.3 Å². The van der Waals surface area contributed by atoms with E-state index in [1.54, 1.807) is 0 Å². The van der Waals surface area contributed by atoms with E-state index in [-0.39, 0.29) is 5.91 Å². The van der Waals surface area contributed by atoms with Gasteiger partial charge < -0.3 is 15.8 Å². The molecule has 1 saturated carbocycles. The summed E-state index contributed by atoms with van der Waals surface area (Å²) in [7, 11) is 0. The number of rotatable bonds is 6. The van der Waals surface area contributed by atoms with E-state index in [0.717, 1.165) is 11.3 Å².